The van der Waals surface area contributed by atoms with Gasteiger partial charge in [-0.2, -0.15) is 0 Å². The Balaban J connectivity index is 1.63. The van der Waals surface area contributed by atoms with E-state index in [0.717, 1.165) is 48.2 Å². The van der Waals surface area contributed by atoms with Crippen LogP contribution < -0.4 is 5.56 Å². The lowest BCUT2D eigenvalue weighted by Gasteiger charge is -2.32. The number of alkyl halides is 1. The number of aryl methyl sites for hydroxylation is 1. The summed E-state index contributed by atoms with van der Waals surface area (Å²) in [6.07, 6.45) is 2.03. The number of rotatable bonds is 6. The zero-order valence-corrected chi connectivity index (χ0v) is 20.6. The number of benzene rings is 3. The third kappa shape index (κ3) is 5.02. The summed E-state index contributed by atoms with van der Waals surface area (Å²) in [6.45, 7) is 4.44. The number of hydrogen-bond donors (Lipinski definition) is 0. The topological polar surface area (TPSA) is 38.1 Å². The molecule has 6 heteroatoms. The Bertz CT molecular complexity index is 1400. The second-order valence-electron chi connectivity index (χ2n) is 9.40. The molecule has 1 unspecified atom stereocenters. The van der Waals surface area contributed by atoms with Gasteiger partial charge in [0.1, 0.15) is 12.5 Å². The predicted octanol–water partition coefficient (Wildman–Crippen LogP) is 6.37. The first-order valence-electron chi connectivity index (χ1n) is 12.2. The summed E-state index contributed by atoms with van der Waals surface area (Å²) in [6, 6.07) is 21.5. The maximum Gasteiger partial charge on any atom is 0.261 e. The number of halogens is 2. The Morgan fingerprint density at radius 1 is 1.06 bits per heavy atom. The third-order valence-electron chi connectivity index (χ3n) is 6.96. The van der Waals surface area contributed by atoms with Crippen LogP contribution in [0.4, 0.5) is 4.39 Å². The van der Waals surface area contributed by atoms with E-state index in [1.54, 1.807) is 0 Å². The van der Waals surface area contributed by atoms with Crippen molar-refractivity contribution in [2.75, 3.05) is 26.3 Å². The first-order chi connectivity index (χ1) is 17.0. The van der Waals surface area contributed by atoms with Crippen molar-refractivity contribution in [2.45, 2.75) is 26.3 Å². The van der Waals surface area contributed by atoms with E-state index in [0.29, 0.717) is 34.8 Å². The molecule has 0 amide bonds. The monoisotopic (exact) mass is 488 g/mol. The van der Waals surface area contributed by atoms with Crippen LogP contribution in [-0.4, -0.2) is 40.8 Å². The molecule has 0 radical (unpaired) electrons. The van der Waals surface area contributed by atoms with Crippen molar-refractivity contribution in [2.24, 2.45) is 5.92 Å². The van der Waals surface area contributed by atoms with Crippen LogP contribution in [0.2, 0.25) is 5.02 Å². The van der Waals surface area contributed by atoms with Gasteiger partial charge in [-0.3, -0.25) is 9.36 Å². The molecule has 1 aliphatic rings. The van der Waals surface area contributed by atoms with Crippen LogP contribution in [0, 0.1) is 12.8 Å². The van der Waals surface area contributed by atoms with Gasteiger partial charge in [-0.1, -0.05) is 54.1 Å². The molecule has 1 aromatic heterocycles. The van der Waals surface area contributed by atoms with Crippen LogP contribution in [0.5, 0.6) is 0 Å². The first kappa shape index (κ1) is 23.7. The molecule has 0 spiro atoms. The van der Waals surface area contributed by atoms with Gasteiger partial charge in [0.05, 0.1) is 10.9 Å². The minimum atomic E-state index is -0.341. The Morgan fingerprint density at radius 2 is 1.83 bits per heavy atom. The molecular formula is C29H29ClFN3O. The molecule has 1 fully saturated rings. The molecule has 180 valence electrons. The summed E-state index contributed by atoms with van der Waals surface area (Å²) in [7, 11) is 0. The third-order valence-corrected chi connectivity index (χ3v) is 7.21. The molecule has 5 rings (SSSR count). The number of nitrogens with zero attached hydrogens (tertiary/aromatic N) is 3. The summed E-state index contributed by atoms with van der Waals surface area (Å²) >= 11 is 6.06. The number of hydrogen-bond acceptors (Lipinski definition) is 3. The van der Waals surface area contributed by atoms with Crippen LogP contribution in [-0.2, 0) is 6.54 Å². The SMILES string of the molecule is Cc1ccccc1-c1nc2ccc(-c3ccc(Cl)cc3)cc2c(=O)n1CC1CCCN(CC[18F])C1. The summed E-state index contributed by atoms with van der Waals surface area (Å²) in [5.41, 5.74) is 4.64. The lowest BCUT2D eigenvalue weighted by atomic mass is 9.97. The molecule has 0 bridgehead atoms. The van der Waals surface area contributed by atoms with E-state index in [2.05, 4.69) is 4.90 Å². The molecule has 0 aliphatic carbocycles. The van der Waals surface area contributed by atoms with E-state index in [4.69, 9.17) is 16.6 Å². The van der Waals surface area contributed by atoms with E-state index >= 15 is 0 Å². The zero-order chi connectivity index (χ0) is 24.4. The van der Waals surface area contributed by atoms with E-state index < -0.39 is 0 Å². The van der Waals surface area contributed by atoms with Crippen LogP contribution in [0.25, 0.3) is 33.4 Å². The largest absolute Gasteiger partial charge is 0.300 e. The van der Waals surface area contributed by atoms with Crippen molar-refractivity contribution in [1.82, 2.24) is 14.5 Å². The van der Waals surface area contributed by atoms with Gasteiger partial charge in [0.15, 0.2) is 0 Å². The highest BCUT2D eigenvalue weighted by molar-refractivity contribution is 6.30. The van der Waals surface area contributed by atoms with Crippen molar-refractivity contribution in [3.8, 4) is 22.5 Å². The van der Waals surface area contributed by atoms with Crippen molar-refractivity contribution in [1.29, 1.82) is 0 Å². The molecule has 1 atom stereocenters. The highest BCUT2D eigenvalue weighted by Crippen LogP contribution is 2.28. The molecule has 2 heterocycles. The van der Waals surface area contributed by atoms with Gasteiger partial charge in [-0.15, -0.1) is 0 Å². The number of fused-ring (bicyclic) bond motifs is 1. The molecule has 3 aromatic carbocycles. The quantitative estimate of drug-likeness (QED) is 0.316. The summed E-state index contributed by atoms with van der Waals surface area (Å²) in [5, 5.41) is 1.28. The summed E-state index contributed by atoms with van der Waals surface area (Å²) in [5.74, 6) is 0.969. The maximum atomic E-state index is 14.0. The van der Waals surface area contributed by atoms with Crippen LogP contribution in [0.1, 0.15) is 18.4 Å². The van der Waals surface area contributed by atoms with Crippen LogP contribution in [0.3, 0.4) is 0 Å². The molecule has 0 saturated carbocycles. The van der Waals surface area contributed by atoms with Gasteiger partial charge in [0.2, 0.25) is 0 Å². The maximum absolute atomic E-state index is 14.0. The average molecular weight is 489 g/mol. The van der Waals surface area contributed by atoms with Crippen molar-refractivity contribution >= 4 is 22.5 Å². The number of aromatic nitrogens is 2. The fourth-order valence-electron chi connectivity index (χ4n) is 5.12. The summed E-state index contributed by atoms with van der Waals surface area (Å²) < 4.78 is 14.8. The van der Waals surface area contributed by atoms with Crippen molar-refractivity contribution in [3.63, 3.8) is 0 Å². The van der Waals surface area contributed by atoms with E-state index in [-0.39, 0.29) is 18.2 Å². The van der Waals surface area contributed by atoms with Gasteiger partial charge in [0.25, 0.3) is 5.56 Å². The van der Waals surface area contributed by atoms with Crippen molar-refractivity contribution < 1.29 is 4.39 Å². The molecule has 1 aliphatic heterocycles. The Kier molecular flexibility index (Phi) is 6.98. The highest BCUT2D eigenvalue weighted by Gasteiger charge is 2.23. The molecule has 0 N–H and O–H groups in total. The zero-order valence-electron chi connectivity index (χ0n) is 19.9. The fraction of sp³-hybridized carbons (Fsp3) is 0.310. The van der Waals surface area contributed by atoms with Crippen LogP contribution in [0.15, 0.2) is 71.5 Å². The summed E-state index contributed by atoms with van der Waals surface area (Å²) in [4.78, 5) is 21.2. The Morgan fingerprint density at radius 3 is 2.60 bits per heavy atom. The number of piperidine rings is 1. The standard InChI is InChI=1S/C29H29ClFN3O/c1-20-5-2-3-7-25(20)28-32-27-13-10-23(22-8-11-24(30)12-9-22)17-26(27)29(35)34(28)19-21-6-4-15-33(18-21)16-14-31/h2-3,5,7-13,17,21H,4,6,14-16,18-19H2,1H3/i31-1. The number of likely N-dealkylation sites (tertiary alicyclic amines) is 1. The second-order valence-corrected chi connectivity index (χ2v) is 9.84. The van der Waals surface area contributed by atoms with Crippen LogP contribution >= 0.6 is 11.6 Å². The minimum absolute atomic E-state index is 0.0355. The average Bonchev–Trinajstić information content (AvgIpc) is 2.87. The lowest BCUT2D eigenvalue weighted by Crippen LogP contribution is -2.39. The second kappa shape index (κ2) is 10.3. The highest BCUT2D eigenvalue weighted by atomic mass is 35.5. The molecule has 35 heavy (non-hydrogen) atoms. The van der Waals surface area contributed by atoms with E-state index in [1.165, 1.54) is 0 Å². The minimum Gasteiger partial charge on any atom is -0.300 e. The fourth-order valence-corrected chi connectivity index (χ4v) is 5.25. The van der Waals surface area contributed by atoms with Gasteiger partial charge >= 0.3 is 0 Å². The van der Waals surface area contributed by atoms with Gasteiger partial charge < -0.3 is 4.90 Å². The molecular weight excluding hydrogens is 460 g/mol. The Hall–Kier alpha value is -3.02. The normalized spacial score (nSPS) is 16.6. The smallest absolute Gasteiger partial charge is 0.261 e. The molecule has 1 saturated heterocycles. The van der Waals surface area contributed by atoms with E-state index in [9.17, 15) is 9.18 Å². The van der Waals surface area contributed by atoms with Gasteiger partial charge in [0, 0.05) is 30.2 Å². The van der Waals surface area contributed by atoms with E-state index in [1.807, 2.05) is 78.2 Å². The first-order valence-corrected chi connectivity index (χ1v) is 12.6. The molecule has 4 aromatic rings. The van der Waals surface area contributed by atoms with Gasteiger partial charge in [-0.25, -0.2) is 9.37 Å². The predicted molar refractivity (Wildman–Crippen MR) is 142 cm³/mol. The van der Waals surface area contributed by atoms with Crippen molar-refractivity contribution in [3.05, 3.63) is 87.7 Å². The molecule has 4 nitrogen and oxygen atoms in total. The lowest BCUT2D eigenvalue weighted by molar-refractivity contribution is 0.152. The Labute approximate surface area is 210 Å². The van der Waals surface area contributed by atoms with Gasteiger partial charge in [-0.05, 0) is 73.2 Å².